The standard InChI is InChI=1S/C15H22N2O2.C6H10O4.C4H10O2/c18-10-16-14-5-1-12(2-6-14)9-13-3-7-15(8-4-13)17-11-19;7-5(8)3-1-2-4-6(9)10;5-3-1-2-4-6/h12-15H,1-9H2;1-4H2,(H,7,8)(H,9,10);5-6H,1-4H2. The van der Waals surface area contributed by atoms with Gasteiger partial charge in [0.15, 0.2) is 0 Å². The van der Waals surface area contributed by atoms with Crippen LogP contribution in [0, 0.1) is 11.8 Å². The first kappa shape index (κ1) is 32.6. The smallest absolute Gasteiger partial charge is 0.303 e. The van der Waals surface area contributed by atoms with Gasteiger partial charge in [0, 0.05) is 26.1 Å². The summed E-state index contributed by atoms with van der Waals surface area (Å²) in [6.07, 6.45) is 16.1. The highest BCUT2D eigenvalue weighted by molar-refractivity contribution is 5.67. The predicted octanol–water partition coefficient (Wildman–Crippen LogP) is 3.63. The molecule has 0 unspecified atom stereocenters. The molecule has 10 nitrogen and oxygen atoms in total. The number of carbonyl (C=O) groups excluding carboxylic acids is 2. The minimum atomic E-state index is -0.870. The maximum absolute atomic E-state index is 10.2. The van der Waals surface area contributed by atoms with E-state index >= 15 is 0 Å². The Morgan fingerprint density at radius 2 is 0.971 bits per heavy atom. The van der Waals surface area contributed by atoms with Crippen LogP contribution in [0.2, 0.25) is 0 Å². The van der Waals surface area contributed by atoms with E-state index in [1.54, 1.807) is 12.2 Å². The summed E-state index contributed by atoms with van der Waals surface area (Å²) in [5.41, 5.74) is 0. The van der Waals surface area contributed by atoms with E-state index in [-0.39, 0.29) is 38.1 Å². The molecule has 0 radical (unpaired) electrons. The first-order chi connectivity index (χ1) is 16.9. The molecular formula is C25H42N2O8. The van der Waals surface area contributed by atoms with Crippen molar-refractivity contribution in [2.24, 2.45) is 21.8 Å². The second kappa shape index (κ2) is 22.1. The number of aliphatic imine (C=N–C) groups is 2. The van der Waals surface area contributed by atoms with E-state index in [4.69, 9.17) is 20.4 Å². The van der Waals surface area contributed by atoms with Crippen LogP contribution in [0.4, 0.5) is 0 Å². The number of aliphatic hydroxyl groups excluding tert-OH is 2. The van der Waals surface area contributed by atoms with Crippen molar-refractivity contribution in [1.82, 2.24) is 0 Å². The fourth-order valence-electron chi connectivity index (χ4n) is 4.42. The van der Waals surface area contributed by atoms with E-state index in [0.717, 1.165) is 50.4 Å². The largest absolute Gasteiger partial charge is 0.481 e. The number of hydrogen-bond acceptors (Lipinski definition) is 8. The number of aliphatic carboxylic acids is 2. The number of carboxylic acid groups (broad SMARTS) is 2. The van der Waals surface area contributed by atoms with Gasteiger partial charge in [0.05, 0.1) is 12.1 Å². The Bertz CT molecular complexity index is 602. The lowest BCUT2D eigenvalue weighted by Gasteiger charge is -2.31. The SMILES string of the molecule is O=C(O)CCCCC(=O)O.O=C=NC1CCC(CC2CCC(N=C=O)CC2)CC1.OCCCCO. The van der Waals surface area contributed by atoms with Gasteiger partial charge in [-0.1, -0.05) is 0 Å². The molecule has 2 saturated carbocycles. The Morgan fingerprint density at radius 3 is 1.23 bits per heavy atom. The van der Waals surface area contributed by atoms with Crippen LogP contribution in [0.3, 0.4) is 0 Å². The fraction of sp³-hybridized carbons (Fsp3) is 0.840. The molecule has 4 N–H and O–H groups in total. The van der Waals surface area contributed by atoms with Gasteiger partial charge in [0.2, 0.25) is 12.2 Å². The Hall–Kier alpha value is -2.38. The van der Waals surface area contributed by atoms with Crippen LogP contribution >= 0.6 is 0 Å². The van der Waals surface area contributed by atoms with Gasteiger partial charge in [-0.15, -0.1) is 0 Å². The van der Waals surface area contributed by atoms with Crippen LogP contribution < -0.4 is 0 Å². The quantitative estimate of drug-likeness (QED) is 0.179. The molecule has 0 aliphatic heterocycles. The van der Waals surface area contributed by atoms with Crippen LogP contribution in [0.1, 0.15) is 96.3 Å². The zero-order valence-electron chi connectivity index (χ0n) is 20.6. The van der Waals surface area contributed by atoms with Crippen molar-refractivity contribution < 1.29 is 39.6 Å². The lowest BCUT2D eigenvalue weighted by molar-refractivity contribution is -0.139. The molecule has 200 valence electrons. The summed E-state index contributed by atoms with van der Waals surface area (Å²) in [5, 5.41) is 32.4. The van der Waals surface area contributed by atoms with Crippen molar-refractivity contribution in [3.63, 3.8) is 0 Å². The molecule has 2 aliphatic rings. The van der Waals surface area contributed by atoms with Crippen molar-refractivity contribution in [3.8, 4) is 0 Å². The molecule has 2 fully saturated rings. The van der Waals surface area contributed by atoms with Crippen LogP contribution in [0.15, 0.2) is 9.98 Å². The second-order valence-electron chi connectivity index (χ2n) is 9.17. The van der Waals surface area contributed by atoms with Gasteiger partial charge in [-0.3, -0.25) is 9.59 Å². The van der Waals surface area contributed by atoms with E-state index in [0.29, 0.717) is 12.8 Å². The van der Waals surface area contributed by atoms with E-state index in [1.165, 1.54) is 32.1 Å². The average molecular weight is 499 g/mol. The Balaban J connectivity index is 0.000000606. The van der Waals surface area contributed by atoms with Crippen LogP contribution in [-0.2, 0) is 19.2 Å². The third-order valence-corrected chi connectivity index (χ3v) is 6.37. The molecule has 0 aromatic carbocycles. The molecule has 0 aromatic heterocycles. The Labute approximate surface area is 207 Å². The summed E-state index contributed by atoms with van der Waals surface area (Å²) in [6, 6.07) is 0.456. The maximum atomic E-state index is 10.2. The molecule has 0 bridgehead atoms. The van der Waals surface area contributed by atoms with E-state index in [2.05, 4.69) is 9.98 Å². The molecule has 0 spiro atoms. The molecule has 0 saturated heterocycles. The van der Waals surface area contributed by atoms with Gasteiger partial charge in [0.1, 0.15) is 0 Å². The topological polar surface area (TPSA) is 174 Å². The summed E-state index contributed by atoms with van der Waals surface area (Å²) >= 11 is 0. The fourth-order valence-corrected chi connectivity index (χ4v) is 4.42. The summed E-state index contributed by atoms with van der Waals surface area (Å²) in [5.74, 6) is -0.140. The molecule has 0 aromatic rings. The third kappa shape index (κ3) is 19.6. The van der Waals surface area contributed by atoms with Crippen molar-refractivity contribution in [1.29, 1.82) is 0 Å². The first-order valence-electron chi connectivity index (χ1n) is 12.6. The molecular weight excluding hydrogens is 456 g/mol. The molecule has 0 amide bonds. The molecule has 0 heterocycles. The number of carbonyl (C=O) groups is 2. The number of carboxylic acids is 2. The van der Waals surface area contributed by atoms with Gasteiger partial charge < -0.3 is 20.4 Å². The number of rotatable bonds is 12. The van der Waals surface area contributed by atoms with Gasteiger partial charge in [-0.05, 0) is 95.3 Å². The number of hydrogen-bond donors (Lipinski definition) is 4. The van der Waals surface area contributed by atoms with Crippen LogP contribution in [0.5, 0.6) is 0 Å². The number of aliphatic hydroxyl groups is 2. The number of isocyanates is 2. The van der Waals surface area contributed by atoms with E-state index in [9.17, 15) is 19.2 Å². The lowest BCUT2D eigenvalue weighted by atomic mass is 9.76. The summed E-state index contributed by atoms with van der Waals surface area (Å²) in [7, 11) is 0. The number of unbranched alkanes of at least 4 members (excludes halogenated alkanes) is 2. The lowest BCUT2D eigenvalue weighted by Crippen LogP contribution is -2.23. The van der Waals surface area contributed by atoms with Gasteiger partial charge in [-0.25, -0.2) is 19.6 Å². The van der Waals surface area contributed by atoms with Crippen LogP contribution in [0.25, 0.3) is 0 Å². The zero-order chi connectivity index (χ0) is 26.3. The summed E-state index contributed by atoms with van der Waals surface area (Å²) in [6.45, 7) is 0.390. The monoisotopic (exact) mass is 498 g/mol. The molecule has 35 heavy (non-hydrogen) atoms. The van der Waals surface area contributed by atoms with Crippen molar-refractivity contribution in [3.05, 3.63) is 0 Å². The van der Waals surface area contributed by atoms with E-state index < -0.39 is 11.9 Å². The maximum Gasteiger partial charge on any atom is 0.303 e. The highest BCUT2D eigenvalue weighted by atomic mass is 16.4. The minimum absolute atomic E-state index is 0.0628. The van der Waals surface area contributed by atoms with Crippen LogP contribution in [-0.4, -0.2) is 69.8 Å². The Kier molecular flexibility index (Phi) is 20.6. The molecule has 2 aliphatic carbocycles. The summed E-state index contributed by atoms with van der Waals surface area (Å²) < 4.78 is 0. The second-order valence-corrected chi connectivity index (χ2v) is 9.17. The number of nitrogens with zero attached hydrogens (tertiary/aromatic N) is 2. The highest BCUT2D eigenvalue weighted by Crippen LogP contribution is 2.36. The normalized spacial score (nSPS) is 23.1. The molecule has 10 heteroatoms. The first-order valence-corrected chi connectivity index (χ1v) is 12.6. The van der Waals surface area contributed by atoms with E-state index in [1.807, 2.05) is 0 Å². The minimum Gasteiger partial charge on any atom is -0.481 e. The summed E-state index contributed by atoms with van der Waals surface area (Å²) in [4.78, 5) is 47.9. The average Bonchev–Trinajstić information content (AvgIpc) is 2.84. The zero-order valence-corrected chi connectivity index (χ0v) is 20.6. The van der Waals surface area contributed by atoms with Gasteiger partial charge >= 0.3 is 11.9 Å². The van der Waals surface area contributed by atoms with Crippen molar-refractivity contribution in [2.45, 2.75) is 108 Å². The highest BCUT2D eigenvalue weighted by Gasteiger charge is 2.26. The van der Waals surface area contributed by atoms with Crippen molar-refractivity contribution in [2.75, 3.05) is 13.2 Å². The van der Waals surface area contributed by atoms with Gasteiger partial charge in [0.25, 0.3) is 0 Å². The van der Waals surface area contributed by atoms with Crippen molar-refractivity contribution >= 4 is 24.1 Å². The third-order valence-electron chi connectivity index (χ3n) is 6.37. The van der Waals surface area contributed by atoms with Gasteiger partial charge in [-0.2, -0.15) is 0 Å². The predicted molar refractivity (Wildman–Crippen MR) is 129 cm³/mol. The Morgan fingerprint density at radius 1 is 0.629 bits per heavy atom. The molecule has 0 atom stereocenters. The molecule has 2 rings (SSSR count).